The van der Waals surface area contributed by atoms with Gasteiger partial charge in [0.15, 0.2) is 5.58 Å². The van der Waals surface area contributed by atoms with E-state index in [1.165, 1.54) is 5.46 Å². The molecule has 5 rings (SSSR count). The molecule has 1 aromatic heterocycles. The predicted octanol–water partition coefficient (Wildman–Crippen LogP) is 5.31. The summed E-state index contributed by atoms with van der Waals surface area (Å²) in [4.78, 5) is 2.25. The fourth-order valence-electron chi connectivity index (χ4n) is 3.61. The molecule has 128 valence electrons. The highest BCUT2D eigenvalue weighted by molar-refractivity contribution is 6.32. The second kappa shape index (κ2) is 6.37. The average Bonchev–Trinajstić information content (AvgIpc) is 3.10. The Morgan fingerprint density at radius 2 is 1.26 bits per heavy atom. The van der Waals surface area contributed by atoms with Crippen LogP contribution in [0.25, 0.3) is 21.9 Å². The van der Waals surface area contributed by atoms with E-state index < -0.39 is 0 Å². The number of rotatable bonds is 3. The van der Waals surface area contributed by atoms with Gasteiger partial charge in [-0.3, -0.25) is 0 Å². The minimum atomic E-state index is 0.906. The fraction of sp³-hybridized carbons (Fsp3) is 0. The maximum atomic E-state index is 6.29. The van der Waals surface area contributed by atoms with Crippen LogP contribution in [0.1, 0.15) is 0 Å². The molecule has 0 amide bonds. The zero-order chi connectivity index (χ0) is 18.2. The molecule has 0 aliphatic carbocycles. The Balaban J connectivity index is 1.80. The molecular weight excluding hydrogens is 329 g/mol. The van der Waals surface area contributed by atoms with Crippen LogP contribution in [0.3, 0.4) is 0 Å². The van der Waals surface area contributed by atoms with Crippen LogP contribution < -0.4 is 10.4 Å². The topological polar surface area (TPSA) is 16.4 Å². The average molecular weight is 347 g/mol. The molecule has 0 fully saturated rings. The van der Waals surface area contributed by atoms with Gasteiger partial charge in [-0.2, -0.15) is 0 Å². The highest BCUT2D eigenvalue weighted by Gasteiger charge is 2.18. The van der Waals surface area contributed by atoms with Crippen molar-refractivity contribution in [3.05, 3.63) is 97.1 Å². The van der Waals surface area contributed by atoms with E-state index in [9.17, 15) is 0 Å². The highest BCUT2D eigenvalue weighted by Crippen LogP contribution is 2.41. The van der Waals surface area contributed by atoms with Gasteiger partial charge in [0.2, 0.25) is 0 Å². The standard InChI is InChI=1S/C24H18BNO/c25-17-13-15-19(16-14-17)26(18-7-2-1-3-8-18)22-11-6-10-21-20-9-4-5-12-23(20)27-24(21)22/h1-16H,25H2. The molecule has 0 spiro atoms. The Morgan fingerprint density at radius 3 is 2.07 bits per heavy atom. The van der Waals surface area contributed by atoms with Crippen molar-refractivity contribution in [1.82, 2.24) is 0 Å². The van der Waals surface area contributed by atoms with Crippen molar-refractivity contribution in [3.8, 4) is 0 Å². The van der Waals surface area contributed by atoms with Crippen LogP contribution in [0, 0.1) is 0 Å². The third kappa shape index (κ3) is 2.68. The summed E-state index contributed by atoms with van der Waals surface area (Å²) in [6, 6.07) is 33.6. The molecule has 3 heteroatoms. The summed E-state index contributed by atoms with van der Waals surface area (Å²) in [5.74, 6) is 0. The molecule has 0 N–H and O–H groups in total. The van der Waals surface area contributed by atoms with Gasteiger partial charge in [0, 0.05) is 22.1 Å². The summed E-state index contributed by atoms with van der Waals surface area (Å²) in [6.45, 7) is 0. The van der Waals surface area contributed by atoms with Gasteiger partial charge in [-0.25, -0.2) is 0 Å². The van der Waals surface area contributed by atoms with E-state index in [2.05, 4.69) is 91.6 Å². The van der Waals surface area contributed by atoms with Gasteiger partial charge < -0.3 is 9.32 Å². The Labute approximate surface area is 159 Å². The van der Waals surface area contributed by atoms with Crippen molar-refractivity contribution in [2.75, 3.05) is 4.90 Å². The molecule has 27 heavy (non-hydrogen) atoms. The summed E-state index contributed by atoms with van der Waals surface area (Å²) < 4.78 is 6.29. The zero-order valence-electron chi connectivity index (χ0n) is 15.1. The Kier molecular flexibility index (Phi) is 3.72. The van der Waals surface area contributed by atoms with Gasteiger partial charge in [-0.05, 0) is 36.4 Å². The number of fused-ring (bicyclic) bond motifs is 3. The maximum Gasteiger partial charge on any atom is 0.159 e. The second-order valence-corrected chi connectivity index (χ2v) is 6.76. The predicted molar refractivity (Wildman–Crippen MR) is 117 cm³/mol. The lowest BCUT2D eigenvalue weighted by Gasteiger charge is -2.25. The van der Waals surface area contributed by atoms with E-state index in [1.54, 1.807) is 0 Å². The number of nitrogens with zero attached hydrogens (tertiary/aromatic N) is 1. The van der Waals surface area contributed by atoms with E-state index in [0.717, 1.165) is 39.0 Å². The van der Waals surface area contributed by atoms with E-state index in [0.29, 0.717) is 0 Å². The van der Waals surface area contributed by atoms with Crippen LogP contribution >= 0.6 is 0 Å². The molecule has 0 bridgehead atoms. The number of anilines is 3. The molecule has 0 atom stereocenters. The van der Waals surface area contributed by atoms with Crippen LogP contribution in [0.2, 0.25) is 0 Å². The van der Waals surface area contributed by atoms with Gasteiger partial charge >= 0.3 is 0 Å². The molecule has 1 heterocycles. The van der Waals surface area contributed by atoms with Crippen molar-refractivity contribution in [3.63, 3.8) is 0 Å². The molecule has 0 aliphatic rings. The van der Waals surface area contributed by atoms with Crippen LogP contribution in [0.15, 0.2) is 101 Å². The first-order valence-corrected chi connectivity index (χ1v) is 9.13. The van der Waals surface area contributed by atoms with Gasteiger partial charge in [-0.1, -0.05) is 66.1 Å². The minimum Gasteiger partial charge on any atom is -0.454 e. The molecular formula is C24H18BNO. The van der Waals surface area contributed by atoms with E-state index in [-0.39, 0.29) is 0 Å². The number of para-hydroxylation sites is 3. The first-order valence-electron chi connectivity index (χ1n) is 9.13. The summed E-state index contributed by atoms with van der Waals surface area (Å²) in [5, 5.41) is 2.28. The molecule has 2 nitrogen and oxygen atoms in total. The third-order valence-electron chi connectivity index (χ3n) is 4.93. The van der Waals surface area contributed by atoms with Crippen molar-refractivity contribution >= 4 is 52.3 Å². The Bertz CT molecular complexity index is 1230. The van der Waals surface area contributed by atoms with Gasteiger partial charge in [0.1, 0.15) is 13.4 Å². The lowest BCUT2D eigenvalue weighted by molar-refractivity contribution is 0.669. The van der Waals surface area contributed by atoms with Gasteiger partial charge in [0.05, 0.1) is 5.69 Å². The first kappa shape index (κ1) is 15.8. The first-order chi connectivity index (χ1) is 13.3. The SMILES string of the molecule is Bc1ccc(N(c2ccccc2)c2cccc3c2oc2ccccc23)cc1. The minimum absolute atomic E-state index is 0.906. The normalized spacial score (nSPS) is 11.1. The van der Waals surface area contributed by atoms with Crippen molar-refractivity contribution in [1.29, 1.82) is 0 Å². The number of hydrogen-bond donors (Lipinski definition) is 0. The molecule has 0 radical (unpaired) electrons. The summed E-state index contributed by atoms with van der Waals surface area (Å²) in [7, 11) is 2.11. The molecule has 0 unspecified atom stereocenters. The molecule has 4 aromatic carbocycles. The van der Waals surface area contributed by atoms with Crippen molar-refractivity contribution in [2.24, 2.45) is 0 Å². The summed E-state index contributed by atoms with van der Waals surface area (Å²) >= 11 is 0. The Morgan fingerprint density at radius 1 is 0.593 bits per heavy atom. The van der Waals surface area contributed by atoms with E-state index in [4.69, 9.17) is 4.42 Å². The van der Waals surface area contributed by atoms with Crippen LogP contribution in [0.4, 0.5) is 17.1 Å². The molecule has 0 saturated heterocycles. The van der Waals surface area contributed by atoms with Crippen LogP contribution in [-0.2, 0) is 0 Å². The Hall–Kier alpha value is -3.46. The van der Waals surface area contributed by atoms with Gasteiger partial charge in [-0.15, -0.1) is 0 Å². The molecule has 5 aromatic rings. The maximum absolute atomic E-state index is 6.29. The van der Waals surface area contributed by atoms with E-state index in [1.807, 2.05) is 18.2 Å². The summed E-state index contributed by atoms with van der Waals surface area (Å²) in [6.07, 6.45) is 0. The lowest BCUT2D eigenvalue weighted by atomic mass is 9.96. The van der Waals surface area contributed by atoms with Crippen LogP contribution in [0.5, 0.6) is 0 Å². The highest BCUT2D eigenvalue weighted by atomic mass is 16.3. The monoisotopic (exact) mass is 347 g/mol. The fourth-order valence-corrected chi connectivity index (χ4v) is 3.61. The second-order valence-electron chi connectivity index (χ2n) is 6.76. The molecule has 0 saturated carbocycles. The van der Waals surface area contributed by atoms with E-state index >= 15 is 0 Å². The molecule has 0 aliphatic heterocycles. The van der Waals surface area contributed by atoms with Crippen LogP contribution in [-0.4, -0.2) is 7.85 Å². The summed E-state index contributed by atoms with van der Waals surface area (Å²) in [5.41, 5.74) is 6.32. The smallest absolute Gasteiger partial charge is 0.159 e. The zero-order valence-corrected chi connectivity index (χ0v) is 15.1. The number of benzene rings is 4. The quantitative estimate of drug-likeness (QED) is 0.411. The number of furan rings is 1. The third-order valence-corrected chi connectivity index (χ3v) is 4.93. The largest absolute Gasteiger partial charge is 0.454 e. The van der Waals surface area contributed by atoms with Crippen molar-refractivity contribution in [2.45, 2.75) is 0 Å². The lowest BCUT2D eigenvalue weighted by Crippen LogP contribution is -2.11. The van der Waals surface area contributed by atoms with Crippen molar-refractivity contribution < 1.29 is 4.42 Å². The number of hydrogen-bond acceptors (Lipinski definition) is 2. The van der Waals surface area contributed by atoms with Gasteiger partial charge in [0.25, 0.3) is 0 Å².